The van der Waals surface area contributed by atoms with Crippen molar-refractivity contribution in [1.29, 1.82) is 0 Å². The SMILES string of the molecule is COc1ccc(-c2cnc(NC(=O)NC[C@@H]3CCCO3)n2C)cc1. The minimum Gasteiger partial charge on any atom is -0.497 e. The van der Waals surface area contributed by atoms with Crippen molar-refractivity contribution in [2.24, 2.45) is 7.05 Å². The van der Waals surface area contributed by atoms with Crippen LogP contribution in [0.25, 0.3) is 11.3 Å². The van der Waals surface area contributed by atoms with Crippen LogP contribution < -0.4 is 15.4 Å². The molecule has 128 valence electrons. The zero-order valence-electron chi connectivity index (χ0n) is 13.9. The number of aromatic nitrogens is 2. The third kappa shape index (κ3) is 3.68. The fraction of sp³-hybridized carbons (Fsp3) is 0.412. The van der Waals surface area contributed by atoms with Gasteiger partial charge in [-0.05, 0) is 37.1 Å². The van der Waals surface area contributed by atoms with Crippen molar-refractivity contribution in [3.63, 3.8) is 0 Å². The summed E-state index contributed by atoms with van der Waals surface area (Å²) >= 11 is 0. The molecular formula is C17H22N4O3. The summed E-state index contributed by atoms with van der Waals surface area (Å²) in [7, 11) is 3.50. The molecular weight excluding hydrogens is 308 g/mol. The number of carbonyl (C=O) groups excluding carboxylic acids is 1. The predicted molar refractivity (Wildman–Crippen MR) is 91.2 cm³/mol. The second kappa shape index (κ2) is 7.35. The first-order chi connectivity index (χ1) is 11.7. The molecule has 0 radical (unpaired) electrons. The number of rotatable bonds is 5. The quantitative estimate of drug-likeness (QED) is 0.882. The lowest BCUT2D eigenvalue weighted by molar-refractivity contribution is 0.112. The molecule has 1 aliphatic rings. The van der Waals surface area contributed by atoms with E-state index in [9.17, 15) is 4.79 Å². The lowest BCUT2D eigenvalue weighted by Crippen LogP contribution is -2.35. The molecule has 7 heteroatoms. The van der Waals surface area contributed by atoms with Gasteiger partial charge in [0, 0.05) is 25.8 Å². The molecule has 2 heterocycles. The molecule has 1 aromatic heterocycles. The fourth-order valence-corrected chi connectivity index (χ4v) is 2.71. The Bertz CT molecular complexity index is 690. The van der Waals surface area contributed by atoms with E-state index in [2.05, 4.69) is 15.6 Å². The number of nitrogens with zero attached hydrogens (tertiary/aromatic N) is 2. The Hall–Kier alpha value is -2.54. The summed E-state index contributed by atoms with van der Waals surface area (Å²) in [4.78, 5) is 16.3. The van der Waals surface area contributed by atoms with Gasteiger partial charge in [0.05, 0.1) is 25.1 Å². The van der Waals surface area contributed by atoms with E-state index in [1.54, 1.807) is 13.3 Å². The number of amides is 2. The van der Waals surface area contributed by atoms with Gasteiger partial charge in [-0.2, -0.15) is 0 Å². The highest BCUT2D eigenvalue weighted by Crippen LogP contribution is 2.24. The van der Waals surface area contributed by atoms with Gasteiger partial charge in [0.2, 0.25) is 5.95 Å². The van der Waals surface area contributed by atoms with E-state index in [1.165, 1.54) is 0 Å². The van der Waals surface area contributed by atoms with E-state index in [-0.39, 0.29) is 12.1 Å². The second-order valence-electron chi connectivity index (χ2n) is 5.72. The zero-order valence-corrected chi connectivity index (χ0v) is 13.9. The Morgan fingerprint density at radius 3 is 2.88 bits per heavy atom. The number of urea groups is 1. The van der Waals surface area contributed by atoms with Gasteiger partial charge in [-0.25, -0.2) is 9.78 Å². The highest BCUT2D eigenvalue weighted by atomic mass is 16.5. The molecule has 2 N–H and O–H groups in total. The first kappa shape index (κ1) is 16.3. The van der Waals surface area contributed by atoms with Gasteiger partial charge in [-0.1, -0.05) is 0 Å². The Balaban J connectivity index is 1.62. The van der Waals surface area contributed by atoms with Crippen LogP contribution in [-0.4, -0.2) is 41.9 Å². The topological polar surface area (TPSA) is 77.4 Å². The second-order valence-corrected chi connectivity index (χ2v) is 5.72. The Kier molecular flexibility index (Phi) is 5.00. The summed E-state index contributed by atoms with van der Waals surface area (Å²) in [5, 5.41) is 5.59. The van der Waals surface area contributed by atoms with Gasteiger partial charge >= 0.3 is 6.03 Å². The average Bonchev–Trinajstić information content (AvgIpc) is 3.24. The van der Waals surface area contributed by atoms with Crippen LogP contribution >= 0.6 is 0 Å². The number of nitrogens with one attached hydrogen (secondary N) is 2. The van der Waals surface area contributed by atoms with Crippen LogP contribution in [0.4, 0.5) is 10.7 Å². The molecule has 0 aliphatic carbocycles. The first-order valence-electron chi connectivity index (χ1n) is 8.00. The minimum absolute atomic E-state index is 0.118. The monoisotopic (exact) mass is 330 g/mol. The number of hydrogen-bond donors (Lipinski definition) is 2. The van der Waals surface area contributed by atoms with Crippen molar-refractivity contribution in [3.05, 3.63) is 30.5 Å². The molecule has 0 unspecified atom stereocenters. The maximum atomic E-state index is 12.0. The van der Waals surface area contributed by atoms with Crippen molar-refractivity contribution in [2.75, 3.05) is 25.6 Å². The molecule has 1 aromatic carbocycles. The van der Waals surface area contributed by atoms with Crippen LogP contribution in [0.2, 0.25) is 0 Å². The van der Waals surface area contributed by atoms with Crippen LogP contribution in [0.5, 0.6) is 5.75 Å². The summed E-state index contributed by atoms with van der Waals surface area (Å²) in [6, 6.07) is 7.42. The molecule has 0 spiro atoms. The molecule has 1 fully saturated rings. The smallest absolute Gasteiger partial charge is 0.321 e. The molecule has 7 nitrogen and oxygen atoms in total. The molecule has 2 aromatic rings. The van der Waals surface area contributed by atoms with Crippen molar-refractivity contribution >= 4 is 12.0 Å². The molecule has 1 aliphatic heterocycles. The number of carbonyl (C=O) groups is 1. The van der Waals surface area contributed by atoms with Gasteiger partial charge in [-0.15, -0.1) is 0 Å². The van der Waals surface area contributed by atoms with E-state index >= 15 is 0 Å². The minimum atomic E-state index is -0.277. The Morgan fingerprint density at radius 2 is 2.21 bits per heavy atom. The molecule has 0 bridgehead atoms. The average molecular weight is 330 g/mol. The number of methoxy groups -OCH3 is 1. The van der Waals surface area contributed by atoms with Gasteiger partial charge in [0.25, 0.3) is 0 Å². The maximum absolute atomic E-state index is 12.0. The van der Waals surface area contributed by atoms with Crippen molar-refractivity contribution in [3.8, 4) is 17.0 Å². The fourth-order valence-electron chi connectivity index (χ4n) is 2.71. The van der Waals surface area contributed by atoms with Crippen molar-refractivity contribution in [2.45, 2.75) is 18.9 Å². The van der Waals surface area contributed by atoms with E-state index in [0.29, 0.717) is 12.5 Å². The summed E-state index contributed by atoms with van der Waals surface area (Å²) in [6.45, 7) is 1.29. The Morgan fingerprint density at radius 1 is 1.42 bits per heavy atom. The summed E-state index contributed by atoms with van der Waals surface area (Å²) < 4.78 is 12.5. The van der Waals surface area contributed by atoms with Crippen LogP contribution in [0.15, 0.2) is 30.5 Å². The van der Waals surface area contributed by atoms with Gasteiger partial charge in [0.1, 0.15) is 5.75 Å². The normalized spacial score (nSPS) is 16.8. The summed E-state index contributed by atoms with van der Waals surface area (Å²) in [5.74, 6) is 1.29. The number of ether oxygens (including phenoxy) is 2. The highest BCUT2D eigenvalue weighted by Gasteiger charge is 2.17. The lowest BCUT2D eigenvalue weighted by Gasteiger charge is -2.12. The van der Waals surface area contributed by atoms with Crippen LogP contribution in [0.3, 0.4) is 0 Å². The van der Waals surface area contributed by atoms with Gasteiger partial charge in [-0.3, -0.25) is 5.32 Å². The van der Waals surface area contributed by atoms with E-state index in [0.717, 1.165) is 36.5 Å². The van der Waals surface area contributed by atoms with E-state index in [1.807, 2.05) is 35.9 Å². The van der Waals surface area contributed by atoms with E-state index < -0.39 is 0 Å². The van der Waals surface area contributed by atoms with Crippen LogP contribution in [0, 0.1) is 0 Å². The molecule has 0 saturated carbocycles. The van der Waals surface area contributed by atoms with Crippen molar-refractivity contribution in [1.82, 2.24) is 14.9 Å². The van der Waals surface area contributed by atoms with Crippen LogP contribution in [0.1, 0.15) is 12.8 Å². The Labute approximate surface area is 141 Å². The largest absolute Gasteiger partial charge is 0.497 e. The summed E-state index contributed by atoms with van der Waals surface area (Å²) in [5.41, 5.74) is 1.91. The zero-order chi connectivity index (χ0) is 16.9. The van der Waals surface area contributed by atoms with E-state index in [4.69, 9.17) is 9.47 Å². The van der Waals surface area contributed by atoms with Gasteiger partial charge in [0.15, 0.2) is 0 Å². The maximum Gasteiger partial charge on any atom is 0.321 e. The van der Waals surface area contributed by atoms with Crippen LogP contribution in [-0.2, 0) is 11.8 Å². The third-order valence-electron chi connectivity index (χ3n) is 4.11. The summed E-state index contributed by atoms with van der Waals surface area (Å²) in [6.07, 6.45) is 3.90. The molecule has 1 atom stereocenters. The highest BCUT2D eigenvalue weighted by molar-refractivity contribution is 5.88. The molecule has 24 heavy (non-hydrogen) atoms. The number of hydrogen-bond acceptors (Lipinski definition) is 4. The molecule has 3 rings (SSSR count). The number of anilines is 1. The number of imidazole rings is 1. The van der Waals surface area contributed by atoms with Crippen molar-refractivity contribution < 1.29 is 14.3 Å². The molecule has 1 saturated heterocycles. The standard InChI is InChI=1S/C17H22N4O3/c1-21-15(12-5-7-13(23-2)8-6-12)11-18-16(21)20-17(22)19-10-14-4-3-9-24-14/h5-8,11,14H,3-4,9-10H2,1-2H3,(H2,18,19,20,22)/t14-/m0/s1. The van der Waals surface area contributed by atoms with Gasteiger partial charge < -0.3 is 19.4 Å². The first-order valence-corrected chi connectivity index (χ1v) is 8.00. The molecule has 2 amide bonds. The number of benzene rings is 1. The lowest BCUT2D eigenvalue weighted by atomic mass is 10.1. The predicted octanol–water partition coefficient (Wildman–Crippen LogP) is 2.40. The third-order valence-corrected chi connectivity index (χ3v) is 4.11.